The molecule has 0 unspecified atom stereocenters. The molecule has 2 aromatic rings. The Balaban J connectivity index is 2.08. The van der Waals surface area contributed by atoms with E-state index in [4.69, 9.17) is 16.7 Å². The van der Waals surface area contributed by atoms with Crippen LogP contribution in [0.1, 0.15) is 11.1 Å². The van der Waals surface area contributed by atoms with Gasteiger partial charge in [-0.1, -0.05) is 29.8 Å². The number of pyridine rings is 1. The van der Waals surface area contributed by atoms with Gasteiger partial charge in [-0.25, -0.2) is 18.1 Å². The third kappa shape index (κ3) is 3.77. The first kappa shape index (κ1) is 14.9. The fourth-order valence-electron chi connectivity index (χ4n) is 1.52. The maximum atomic E-state index is 12.0. The van der Waals surface area contributed by atoms with Gasteiger partial charge in [-0.05, 0) is 29.3 Å². The van der Waals surface area contributed by atoms with Crippen LogP contribution in [-0.4, -0.2) is 18.5 Å². The zero-order valence-corrected chi connectivity index (χ0v) is 12.0. The highest BCUT2D eigenvalue weighted by Crippen LogP contribution is 2.11. The number of aliphatic hydroxyl groups excluding tert-OH is 1. The summed E-state index contributed by atoms with van der Waals surface area (Å²) in [6.45, 7) is -0.0194. The van der Waals surface area contributed by atoms with Crippen LogP contribution in [0, 0.1) is 0 Å². The summed E-state index contributed by atoms with van der Waals surface area (Å²) < 4.78 is 26.5. The standard InChI is InChI=1S/C13H13ClN2O3S/c14-12-4-1-10(2-5-12)8-16-20(18,19)13-6-3-11(9-17)7-15-13/h1-7,16-17H,8-9H2. The average Bonchev–Trinajstić information content (AvgIpc) is 2.47. The Morgan fingerprint density at radius 2 is 1.75 bits per heavy atom. The van der Waals surface area contributed by atoms with E-state index in [-0.39, 0.29) is 18.2 Å². The molecule has 2 N–H and O–H groups in total. The van der Waals surface area contributed by atoms with Gasteiger partial charge >= 0.3 is 0 Å². The van der Waals surface area contributed by atoms with Gasteiger partial charge in [0.05, 0.1) is 6.61 Å². The minimum Gasteiger partial charge on any atom is -0.392 e. The highest BCUT2D eigenvalue weighted by atomic mass is 35.5. The molecule has 0 saturated heterocycles. The molecule has 0 aliphatic carbocycles. The zero-order valence-electron chi connectivity index (χ0n) is 10.5. The summed E-state index contributed by atoms with van der Waals surface area (Å²) in [6, 6.07) is 9.75. The maximum Gasteiger partial charge on any atom is 0.258 e. The van der Waals surface area contributed by atoms with Gasteiger partial charge in [-0.2, -0.15) is 0 Å². The van der Waals surface area contributed by atoms with Gasteiger partial charge in [-0.15, -0.1) is 0 Å². The molecule has 5 nitrogen and oxygen atoms in total. The summed E-state index contributed by atoms with van der Waals surface area (Å²) >= 11 is 5.76. The van der Waals surface area contributed by atoms with Crippen LogP contribution in [0.2, 0.25) is 5.02 Å². The number of hydrogen-bond donors (Lipinski definition) is 2. The van der Waals surface area contributed by atoms with Crippen LogP contribution in [-0.2, 0) is 23.2 Å². The summed E-state index contributed by atoms with van der Waals surface area (Å²) in [7, 11) is -3.67. The largest absolute Gasteiger partial charge is 0.392 e. The van der Waals surface area contributed by atoms with E-state index in [1.807, 2.05) is 0 Å². The van der Waals surface area contributed by atoms with Crippen LogP contribution >= 0.6 is 11.6 Å². The topological polar surface area (TPSA) is 79.3 Å². The normalized spacial score (nSPS) is 11.5. The van der Waals surface area contributed by atoms with Crippen LogP contribution in [0.5, 0.6) is 0 Å². The molecule has 0 spiro atoms. The molecule has 1 heterocycles. The highest BCUT2D eigenvalue weighted by molar-refractivity contribution is 7.89. The first-order valence-corrected chi connectivity index (χ1v) is 7.67. The number of hydrogen-bond acceptors (Lipinski definition) is 4. The van der Waals surface area contributed by atoms with Crippen LogP contribution in [0.3, 0.4) is 0 Å². The highest BCUT2D eigenvalue weighted by Gasteiger charge is 2.15. The molecule has 106 valence electrons. The van der Waals surface area contributed by atoms with Gasteiger partial charge < -0.3 is 5.11 Å². The smallest absolute Gasteiger partial charge is 0.258 e. The van der Waals surface area contributed by atoms with Crippen LogP contribution < -0.4 is 4.72 Å². The summed E-state index contributed by atoms with van der Waals surface area (Å²) in [5.74, 6) is 0. The van der Waals surface area contributed by atoms with Gasteiger partial charge in [0, 0.05) is 17.8 Å². The van der Waals surface area contributed by atoms with Crippen molar-refractivity contribution >= 4 is 21.6 Å². The molecule has 20 heavy (non-hydrogen) atoms. The quantitative estimate of drug-likeness (QED) is 0.881. The third-order valence-corrected chi connectivity index (χ3v) is 4.20. The van der Waals surface area contributed by atoms with E-state index < -0.39 is 10.0 Å². The number of halogens is 1. The van der Waals surface area contributed by atoms with E-state index in [0.29, 0.717) is 10.6 Å². The van der Waals surface area contributed by atoms with Crippen molar-refractivity contribution in [3.05, 3.63) is 58.7 Å². The second-order valence-electron chi connectivity index (χ2n) is 4.11. The third-order valence-electron chi connectivity index (χ3n) is 2.64. The number of aromatic nitrogens is 1. The van der Waals surface area contributed by atoms with Crippen molar-refractivity contribution in [1.82, 2.24) is 9.71 Å². The number of aliphatic hydroxyl groups is 1. The molecule has 0 aliphatic heterocycles. The molecule has 0 fully saturated rings. The lowest BCUT2D eigenvalue weighted by Gasteiger charge is -2.06. The van der Waals surface area contributed by atoms with E-state index >= 15 is 0 Å². The Kier molecular flexibility index (Phi) is 4.72. The van der Waals surface area contributed by atoms with Crippen molar-refractivity contribution in [3.8, 4) is 0 Å². The van der Waals surface area contributed by atoms with Gasteiger partial charge in [0.15, 0.2) is 5.03 Å². The Bertz CT molecular complexity index is 670. The van der Waals surface area contributed by atoms with Gasteiger partial charge in [-0.3, -0.25) is 0 Å². The lowest BCUT2D eigenvalue weighted by molar-refractivity contribution is 0.281. The number of rotatable bonds is 5. The van der Waals surface area contributed by atoms with Gasteiger partial charge in [0.1, 0.15) is 0 Å². The van der Waals surface area contributed by atoms with Crippen molar-refractivity contribution in [2.75, 3.05) is 0 Å². The number of benzene rings is 1. The molecule has 0 radical (unpaired) electrons. The fourth-order valence-corrected chi connectivity index (χ4v) is 2.59. The second kappa shape index (κ2) is 6.32. The summed E-state index contributed by atoms with van der Waals surface area (Å²) in [5.41, 5.74) is 1.35. The van der Waals surface area contributed by atoms with E-state index in [1.54, 1.807) is 24.3 Å². The number of sulfonamides is 1. The van der Waals surface area contributed by atoms with Crippen molar-refractivity contribution in [3.63, 3.8) is 0 Å². The Morgan fingerprint density at radius 3 is 2.30 bits per heavy atom. The van der Waals surface area contributed by atoms with Gasteiger partial charge in [0.2, 0.25) is 0 Å². The number of nitrogens with zero attached hydrogens (tertiary/aromatic N) is 1. The lowest BCUT2D eigenvalue weighted by Crippen LogP contribution is -2.24. The fraction of sp³-hybridized carbons (Fsp3) is 0.154. The molecular weight excluding hydrogens is 300 g/mol. The van der Waals surface area contributed by atoms with Gasteiger partial charge in [0.25, 0.3) is 10.0 Å². The van der Waals surface area contributed by atoms with Crippen molar-refractivity contribution < 1.29 is 13.5 Å². The van der Waals surface area contributed by atoms with Crippen LogP contribution in [0.4, 0.5) is 0 Å². The summed E-state index contributed by atoms with van der Waals surface area (Å²) in [5, 5.41) is 9.41. The monoisotopic (exact) mass is 312 g/mol. The minimum absolute atomic E-state index is 0.0799. The minimum atomic E-state index is -3.67. The Hall–Kier alpha value is -1.47. The summed E-state index contributed by atoms with van der Waals surface area (Å²) in [6.07, 6.45) is 1.33. The molecule has 2 rings (SSSR count). The Labute approximate surface area is 122 Å². The molecule has 0 saturated carbocycles. The van der Waals surface area contributed by atoms with E-state index in [0.717, 1.165) is 5.56 Å². The van der Waals surface area contributed by atoms with Crippen LogP contribution in [0.25, 0.3) is 0 Å². The first-order chi connectivity index (χ1) is 9.51. The van der Waals surface area contributed by atoms with Crippen molar-refractivity contribution in [2.24, 2.45) is 0 Å². The van der Waals surface area contributed by atoms with E-state index in [9.17, 15) is 8.42 Å². The lowest BCUT2D eigenvalue weighted by atomic mass is 10.2. The van der Waals surface area contributed by atoms with Crippen LogP contribution in [0.15, 0.2) is 47.6 Å². The predicted molar refractivity (Wildman–Crippen MR) is 75.6 cm³/mol. The second-order valence-corrected chi connectivity index (χ2v) is 6.26. The maximum absolute atomic E-state index is 12.0. The zero-order chi connectivity index (χ0) is 14.6. The van der Waals surface area contributed by atoms with Crippen molar-refractivity contribution in [1.29, 1.82) is 0 Å². The molecule has 7 heteroatoms. The van der Waals surface area contributed by atoms with E-state index in [1.165, 1.54) is 18.3 Å². The molecule has 0 aliphatic rings. The summed E-state index contributed by atoms with van der Waals surface area (Å²) in [4.78, 5) is 3.82. The molecule has 0 atom stereocenters. The molecular formula is C13H13ClN2O3S. The average molecular weight is 313 g/mol. The SMILES string of the molecule is O=S(=O)(NCc1ccc(Cl)cc1)c1ccc(CO)cn1. The first-order valence-electron chi connectivity index (χ1n) is 5.81. The predicted octanol–water partition coefficient (Wildman–Crippen LogP) is 1.71. The molecule has 0 bridgehead atoms. The number of nitrogens with one attached hydrogen (secondary N) is 1. The molecule has 1 aromatic carbocycles. The molecule has 0 amide bonds. The van der Waals surface area contributed by atoms with E-state index in [2.05, 4.69) is 9.71 Å². The van der Waals surface area contributed by atoms with Crippen molar-refractivity contribution in [2.45, 2.75) is 18.2 Å². The molecule has 1 aromatic heterocycles. The Morgan fingerprint density at radius 1 is 1.10 bits per heavy atom.